The van der Waals surface area contributed by atoms with Gasteiger partial charge in [0, 0.05) is 23.9 Å². The van der Waals surface area contributed by atoms with Gasteiger partial charge in [-0.25, -0.2) is 18.2 Å². The molecule has 2 aromatic carbocycles. The summed E-state index contributed by atoms with van der Waals surface area (Å²) < 4.78 is 48.1. The van der Waals surface area contributed by atoms with Crippen LogP contribution in [0.3, 0.4) is 0 Å². The molecule has 148 valence electrons. The number of aliphatic hydroxyl groups excluding tert-OH is 1. The Kier molecular flexibility index (Phi) is 5.03. The lowest BCUT2D eigenvalue weighted by atomic mass is 10.1. The number of aliphatic hydroxyl groups is 1. The lowest BCUT2D eigenvalue weighted by Gasteiger charge is -2.12. The molecule has 0 bridgehead atoms. The van der Waals surface area contributed by atoms with Crippen LogP contribution in [0.2, 0.25) is 0 Å². The summed E-state index contributed by atoms with van der Waals surface area (Å²) in [5.74, 6) is -2.76. The Labute approximate surface area is 165 Å². The molecule has 10 heteroatoms. The van der Waals surface area contributed by atoms with Gasteiger partial charge in [-0.05, 0) is 18.2 Å². The maximum absolute atomic E-state index is 14.0. The largest absolute Gasteiger partial charge is 0.431 e. The fraction of sp³-hybridized carbons (Fsp3) is 0.105. The van der Waals surface area contributed by atoms with E-state index in [9.17, 15) is 18.0 Å². The molecule has 2 heterocycles. The summed E-state index contributed by atoms with van der Waals surface area (Å²) >= 11 is 1.15. The van der Waals surface area contributed by atoms with E-state index >= 15 is 0 Å². The molecular weight excluding hydrogens is 407 g/mol. The number of hydrogen-bond acceptors (Lipinski definition) is 6. The number of ether oxygens (including phenoxy) is 1. The highest BCUT2D eigenvalue weighted by Crippen LogP contribution is 2.28. The van der Waals surface area contributed by atoms with E-state index in [-0.39, 0.29) is 29.3 Å². The maximum atomic E-state index is 14.0. The molecule has 0 saturated carbocycles. The second kappa shape index (κ2) is 7.64. The molecule has 0 unspecified atom stereocenters. The predicted molar refractivity (Wildman–Crippen MR) is 99.5 cm³/mol. The minimum atomic E-state index is -1.03. The predicted octanol–water partition coefficient (Wildman–Crippen LogP) is 3.60. The standard InChI is InChI=1S/C19H12F3N3O3S/c20-10-3-15(21)14(16(22)4-10)7-25-9-24-18(27)13-5-11(1-2-17(13)25)28-19-23-6-12(8-26)29-19/h1-6,9,26H,7-8H2. The van der Waals surface area contributed by atoms with Crippen molar-refractivity contribution in [1.29, 1.82) is 0 Å². The lowest BCUT2D eigenvalue weighted by Crippen LogP contribution is -2.14. The van der Waals surface area contributed by atoms with Gasteiger partial charge in [-0.15, -0.1) is 0 Å². The second-order valence-corrected chi connectivity index (χ2v) is 7.13. The smallest absolute Gasteiger partial charge is 0.280 e. The molecule has 0 aliphatic heterocycles. The summed E-state index contributed by atoms with van der Waals surface area (Å²) in [5, 5.41) is 9.55. The molecule has 0 aliphatic rings. The van der Waals surface area contributed by atoms with Gasteiger partial charge in [-0.2, -0.15) is 4.98 Å². The molecule has 6 nitrogen and oxygen atoms in total. The fourth-order valence-corrected chi connectivity index (χ4v) is 3.42. The summed E-state index contributed by atoms with van der Waals surface area (Å²) in [4.78, 5) is 20.6. The molecular formula is C19H12F3N3O3S. The first kappa shape index (κ1) is 19.1. The topological polar surface area (TPSA) is 77.2 Å². The maximum Gasteiger partial charge on any atom is 0.280 e. The zero-order valence-corrected chi connectivity index (χ0v) is 15.4. The van der Waals surface area contributed by atoms with Crippen molar-refractivity contribution in [2.45, 2.75) is 13.2 Å². The Morgan fingerprint density at radius 1 is 1.10 bits per heavy atom. The lowest BCUT2D eigenvalue weighted by molar-refractivity contribution is 0.285. The third kappa shape index (κ3) is 3.84. The number of rotatable bonds is 5. The number of hydrogen-bond donors (Lipinski definition) is 1. The van der Waals surface area contributed by atoms with Crippen molar-refractivity contribution in [2.24, 2.45) is 0 Å². The summed E-state index contributed by atoms with van der Waals surface area (Å²) in [7, 11) is 0. The van der Waals surface area contributed by atoms with Crippen LogP contribution in [-0.2, 0) is 13.2 Å². The third-order valence-corrected chi connectivity index (χ3v) is 5.01. The second-order valence-electron chi connectivity index (χ2n) is 6.06. The van der Waals surface area contributed by atoms with Crippen LogP contribution in [0.4, 0.5) is 13.2 Å². The molecule has 0 spiro atoms. The Morgan fingerprint density at radius 2 is 1.86 bits per heavy atom. The van der Waals surface area contributed by atoms with E-state index in [4.69, 9.17) is 9.84 Å². The Morgan fingerprint density at radius 3 is 2.55 bits per heavy atom. The highest BCUT2D eigenvalue weighted by Gasteiger charge is 2.14. The average Bonchev–Trinajstić information content (AvgIpc) is 3.14. The Hall–Kier alpha value is -3.24. The summed E-state index contributed by atoms with van der Waals surface area (Å²) in [6, 6.07) is 5.75. The van der Waals surface area contributed by atoms with Crippen molar-refractivity contribution in [1.82, 2.24) is 14.5 Å². The van der Waals surface area contributed by atoms with Crippen molar-refractivity contribution in [2.75, 3.05) is 0 Å². The number of thiazole rings is 1. The van der Waals surface area contributed by atoms with Gasteiger partial charge in [0.2, 0.25) is 0 Å². The minimum Gasteiger partial charge on any atom is -0.431 e. The highest BCUT2D eigenvalue weighted by atomic mass is 32.1. The van der Waals surface area contributed by atoms with E-state index in [0.29, 0.717) is 28.3 Å². The van der Waals surface area contributed by atoms with E-state index in [2.05, 4.69) is 9.97 Å². The minimum absolute atomic E-state index is 0.163. The van der Waals surface area contributed by atoms with Gasteiger partial charge in [-0.3, -0.25) is 4.79 Å². The molecule has 1 N–H and O–H groups in total. The summed E-state index contributed by atoms with van der Waals surface area (Å²) in [6.45, 7) is -0.446. The van der Waals surface area contributed by atoms with Gasteiger partial charge in [-0.1, -0.05) is 11.3 Å². The van der Waals surface area contributed by atoms with Gasteiger partial charge in [0.1, 0.15) is 23.2 Å². The molecule has 2 aromatic heterocycles. The highest BCUT2D eigenvalue weighted by molar-refractivity contribution is 7.13. The fourth-order valence-electron chi connectivity index (χ4n) is 2.78. The van der Waals surface area contributed by atoms with Gasteiger partial charge in [0.25, 0.3) is 10.8 Å². The van der Waals surface area contributed by atoms with Gasteiger partial charge < -0.3 is 14.4 Å². The SMILES string of the molecule is O=c1ncn(Cc2c(F)cc(F)cc2F)c2ccc(Oc3ncc(CO)s3)cc12. The van der Waals surface area contributed by atoms with Crippen LogP contribution in [0.15, 0.2) is 47.7 Å². The third-order valence-electron chi connectivity index (χ3n) is 4.15. The van der Waals surface area contributed by atoms with E-state index < -0.39 is 23.0 Å². The zero-order valence-electron chi connectivity index (χ0n) is 14.6. The van der Waals surface area contributed by atoms with Crippen LogP contribution in [0.5, 0.6) is 10.9 Å². The number of benzene rings is 2. The first-order chi connectivity index (χ1) is 13.9. The molecule has 4 rings (SSSR count). The van der Waals surface area contributed by atoms with Gasteiger partial charge >= 0.3 is 0 Å². The summed E-state index contributed by atoms with van der Waals surface area (Å²) in [5.41, 5.74) is -0.523. The molecule has 0 aliphatic carbocycles. The van der Waals surface area contributed by atoms with Crippen molar-refractivity contribution in [3.05, 3.63) is 81.1 Å². The van der Waals surface area contributed by atoms with Crippen LogP contribution in [0, 0.1) is 17.5 Å². The van der Waals surface area contributed by atoms with Crippen molar-refractivity contribution >= 4 is 22.2 Å². The first-order valence-corrected chi connectivity index (χ1v) is 9.12. The molecule has 0 fully saturated rings. The Bertz CT molecular complexity index is 1250. The van der Waals surface area contributed by atoms with Crippen LogP contribution in [0.1, 0.15) is 10.4 Å². The normalized spacial score (nSPS) is 11.2. The average molecular weight is 419 g/mol. The van der Waals surface area contributed by atoms with Crippen LogP contribution < -0.4 is 10.3 Å². The zero-order chi connectivity index (χ0) is 20.5. The molecule has 0 saturated heterocycles. The van der Waals surface area contributed by atoms with Gasteiger partial charge in [0.05, 0.1) is 35.3 Å². The number of nitrogens with zero attached hydrogens (tertiary/aromatic N) is 3. The summed E-state index contributed by atoms with van der Waals surface area (Å²) in [6.07, 6.45) is 2.64. The van der Waals surface area contributed by atoms with E-state index in [1.54, 1.807) is 12.1 Å². The van der Waals surface area contributed by atoms with E-state index in [0.717, 1.165) is 11.3 Å². The number of fused-ring (bicyclic) bond motifs is 1. The van der Waals surface area contributed by atoms with Crippen LogP contribution >= 0.6 is 11.3 Å². The van der Waals surface area contributed by atoms with E-state index in [1.807, 2.05) is 0 Å². The molecule has 29 heavy (non-hydrogen) atoms. The van der Waals surface area contributed by atoms with Crippen molar-refractivity contribution in [3.63, 3.8) is 0 Å². The van der Waals surface area contributed by atoms with E-state index in [1.165, 1.54) is 23.2 Å². The quantitative estimate of drug-likeness (QED) is 0.535. The molecule has 0 amide bonds. The van der Waals surface area contributed by atoms with Crippen LogP contribution in [-0.4, -0.2) is 19.6 Å². The molecule has 4 aromatic rings. The van der Waals surface area contributed by atoms with Crippen LogP contribution in [0.25, 0.3) is 10.9 Å². The van der Waals surface area contributed by atoms with Crippen molar-refractivity contribution < 1.29 is 23.0 Å². The Balaban J connectivity index is 1.72. The van der Waals surface area contributed by atoms with Crippen molar-refractivity contribution in [3.8, 4) is 10.9 Å². The first-order valence-electron chi connectivity index (χ1n) is 8.30. The molecule has 0 atom stereocenters. The number of halogens is 3. The molecule has 0 radical (unpaired) electrons. The number of aromatic nitrogens is 3. The van der Waals surface area contributed by atoms with Gasteiger partial charge in [0.15, 0.2) is 0 Å². The monoisotopic (exact) mass is 419 g/mol.